The van der Waals surface area contributed by atoms with E-state index in [0.29, 0.717) is 11.4 Å². The molecule has 4 nitrogen and oxygen atoms in total. The van der Waals surface area contributed by atoms with E-state index in [0.717, 1.165) is 26.4 Å². The molecule has 4 aromatic rings. The van der Waals surface area contributed by atoms with Gasteiger partial charge in [0.25, 0.3) is 5.91 Å². The summed E-state index contributed by atoms with van der Waals surface area (Å²) in [5.74, 6) is -0.190. The summed E-state index contributed by atoms with van der Waals surface area (Å²) in [6.45, 7) is 1.80. The van der Waals surface area contributed by atoms with E-state index < -0.39 is 0 Å². The summed E-state index contributed by atoms with van der Waals surface area (Å²) in [6.07, 6.45) is 0. The highest BCUT2D eigenvalue weighted by Crippen LogP contribution is 2.34. The van der Waals surface area contributed by atoms with E-state index in [1.807, 2.05) is 49.4 Å². The third-order valence-corrected chi connectivity index (χ3v) is 5.39. The highest BCUT2D eigenvalue weighted by molar-refractivity contribution is 7.21. The molecule has 0 saturated carbocycles. The van der Waals surface area contributed by atoms with Crippen LogP contribution < -0.4 is 10.1 Å². The molecule has 0 aliphatic heterocycles. The van der Waals surface area contributed by atoms with Crippen molar-refractivity contribution in [3.05, 3.63) is 78.1 Å². The molecule has 1 heterocycles. The second-order valence-electron chi connectivity index (χ2n) is 6.26. The number of amides is 1. The molecule has 140 valence electrons. The van der Waals surface area contributed by atoms with Crippen LogP contribution in [0.3, 0.4) is 0 Å². The molecule has 0 radical (unpaired) electrons. The number of hydrogen-bond donors (Lipinski definition) is 1. The van der Waals surface area contributed by atoms with E-state index in [1.165, 1.54) is 24.3 Å². The standard InChI is InChI=1S/C22H17FN2O2S/c1-14-17(22-25-19-6-2-3-8-20(19)28-22)5-4-7-18(14)24-21(26)13-27-16-11-9-15(23)10-12-16/h2-12H,13H2,1H3,(H,24,26). The molecular weight excluding hydrogens is 375 g/mol. The predicted octanol–water partition coefficient (Wildman–Crippen LogP) is 5.43. The maximum Gasteiger partial charge on any atom is 0.262 e. The van der Waals surface area contributed by atoms with Crippen molar-refractivity contribution < 1.29 is 13.9 Å². The average Bonchev–Trinajstić information content (AvgIpc) is 3.13. The van der Waals surface area contributed by atoms with Crippen LogP contribution in [0.25, 0.3) is 20.8 Å². The van der Waals surface area contributed by atoms with Gasteiger partial charge in [0.05, 0.1) is 10.2 Å². The van der Waals surface area contributed by atoms with Gasteiger partial charge in [-0.15, -0.1) is 11.3 Å². The van der Waals surface area contributed by atoms with Crippen LogP contribution in [0.5, 0.6) is 5.75 Å². The number of carbonyl (C=O) groups is 1. The number of halogens is 1. The van der Waals surface area contributed by atoms with E-state index in [9.17, 15) is 9.18 Å². The molecular formula is C22H17FN2O2S. The molecule has 6 heteroatoms. The number of rotatable bonds is 5. The maximum atomic E-state index is 12.9. The second-order valence-corrected chi connectivity index (χ2v) is 7.29. The second kappa shape index (κ2) is 7.78. The Morgan fingerprint density at radius 1 is 1.07 bits per heavy atom. The number of hydrogen-bond acceptors (Lipinski definition) is 4. The summed E-state index contributed by atoms with van der Waals surface area (Å²) in [5.41, 5.74) is 3.60. The van der Waals surface area contributed by atoms with E-state index in [1.54, 1.807) is 11.3 Å². The van der Waals surface area contributed by atoms with Gasteiger partial charge in [-0.05, 0) is 55.0 Å². The Labute approximate surface area is 165 Å². The van der Waals surface area contributed by atoms with Crippen LogP contribution >= 0.6 is 11.3 Å². The lowest BCUT2D eigenvalue weighted by Gasteiger charge is -2.12. The van der Waals surface area contributed by atoms with E-state index in [2.05, 4.69) is 5.32 Å². The SMILES string of the molecule is Cc1c(NC(=O)COc2ccc(F)cc2)cccc1-c1nc2ccccc2s1. The number of benzene rings is 3. The summed E-state index contributed by atoms with van der Waals surface area (Å²) in [6, 6.07) is 19.3. The number of nitrogens with zero attached hydrogens (tertiary/aromatic N) is 1. The molecule has 4 rings (SSSR count). The zero-order valence-corrected chi connectivity index (χ0v) is 15.9. The molecule has 1 aromatic heterocycles. The minimum atomic E-state index is -0.348. The van der Waals surface area contributed by atoms with Crippen molar-refractivity contribution in [2.45, 2.75) is 6.92 Å². The molecule has 0 aliphatic carbocycles. The smallest absolute Gasteiger partial charge is 0.262 e. The van der Waals surface area contributed by atoms with Gasteiger partial charge >= 0.3 is 0 Å². The van der Waals surface area contributed by atoms with Crippen molar-refractivity contribution in [1.29, 1.82) is 0 Å². The van der Waals surface area contributed by atoms with Gasteiger partial charge in [-0.2, -0.15) is 0 Å². The first-order chi connectivity index (χ1) is 13.6. The fraction of sp³-hybridized carbons (Fsp3) is 0.0909. The number of para-hydroxylation sites is 1. The molecule has 0 fully saturated rings. The number of fused-ring (bicyclic) bond motifs is 1. The number of anilines is 1. The molecule has 0 atom stereocenters. The van der Waals surface area contributed by atoms with Gasteiger partial charge in [-0.3, -0.25) is 4.79 Å². The Morgan fingerprint density at radius 2 is 1.86 bits per heavy atom. The van der Waals surface area contributed by atoms with Crippen LogP contribution in [-0.4, -0.2) is 17.5 Å². The Bertz CT molecular complexity index is 1110. The quantitative estimate of drug-likeness (QED) is 0.493. The average molecular weight is 392 g/mol. The first-order valence-electron chi connectivity index (χ1n) is 8.74. The summed E-state index contributed by atoms with van der Waals surface area (Å²) >= 11 is 1.62. The highest BCUT2D eigenvalue weighted by atomic mass is 32.1. The van der Waals surface area contributed by atoms with Crippen LogP contribution in [0.15, 0.2) is 66.7 Å². The molecule has 1 amide bonds. The van der Waals surface area contributed by atoms with Gasteiger partial charge in [-0.25, -0.2) is 9.37 Å². The monoisotopic (exact) mass is 392 g/mol. The Kier molecular flexibility index (Phi) is 5.04. The summed E-state index contributed by atoms with van der Waals surface area (Å²) in [7, 11) is 0. The van der Waals surface area contributed by atoms with Gasteiger partial charge in [0.15, 0.2) is 6.61 Å². The van der Waals surface area contributed by atoms with Gasteiger partial charge in [-0.1, -0.05) is 24.3 Å². The predicted molar refractivity (Wildman–Crippen MR) is 110 cm³/mol. The number of ether oxygens (including phenoxy) is 1. The van der Waals surface area contributed by atoms with Crippen LogP contribution in [0.4, 0.5) is 10.1 Å². The molecule has 0 unspecified atom stereocenters. The summed E-state index contributed by atoms with van der Waals surface area (Å²) in [4.78, 5) is 17.0. The minimum Gasteiger partial charge on any atom is -0.484 e. The lowest BCUT2D eigenvalue weighted by atomic mass is 10.1. The summed E-state index contributed by atoms with van der Waals surface area (Å²) < 4.78 is 19.4. The van der Waals surface area contributed by atoms with Gasteiger partial charge in [0.1, 0.15) is 16.6 Å². The highest BCUT2D eigenvalue weighted by Gasteiger charge is 2.13. The minimum absolute atomic E-state index is 0.156. The lowest BCUT2D eigenvalue weighted by Crippen LogP contribution is -2.20. The molecule has 0 bridgehead atoms. The van der Waals surface area contributed by atoms with Crippen molar-refractivity contribution in [3.8, 4) is 16.3 Å². The normalized spacial score (nSPS) is 10.8. The fourth-order valence-corrected chi connectivity index (χ4v) is 3.90. The van der Waals surface area contributed by atoms with Crippen LogP contribution in [0.1, 0.15) is 5.56 Å². The van der Waals surface area contributed by atoms with Crippen molar-refractivity contribution in [1.82, 2.24) is 4.98 Å². The van der Waals surface area contributed by atoms with Crippen molar-refractivity contribution >= 4 is 33.1 Å². The first-order valence-corrected chi connectivity index (χ1v) is 9.55. The number of nitrogens with one attached hydrogen (secondary N) is 1. The van der Waals surface area contributed by atoms with Crippen LogP contribution in [0, 0.1) is 12.7 Å². The molecule has 1 N–H and O–H groups in total. The number of thiazole rings is 1. The van der Waals surface area contributed by atoms with E-state index in [-0.39, 0.29) is 18.3 Å². The lowest BCUT2D eigenvalue weighted by molar-refractivity contribution is -0.118. The van der Waals surface area contributed by atoms with Crippen molar-refractivity contribution in [3.63, 3.8) is 0 Å². The summed E-state index contributed by atoms with van der Waals surface area (Å²) in [5, 5.41) is 3.79. The third-order valence-electron chi connectivity index (χ3n) is 4.32. The molecule has 0 spiro atoms. The van der Waals surface area contributed by atoms with Crippen LogP contribution in [-0.2, 0) is 4.79 Å². The van der Waals surface area contributed by atoms with E-state index >= 15 is 0 Å². The number of aromatic nitrogens is 1. The van der Waals surface area contributed by atoms with Crippen molar-refractivity contribution in [2.75, 3.05) is 11.9 Å². The van der Waals surface area contributed by atoms with Gasteiger partial charge in [0.2, 0.25) is 0 Å². The first kappa shape index (κ1) is 18.1. The van der Waals surface area contributed by atoms with E-state index in [4.69, 9.17) is 9.72 Å². The van der Waals surface area contributed by atoms with Crippen molar-refractivity contribution in [2.24, 2.45) is 0 Å². The largest absolute Gasteiger partial charge is 0.484 e. The molecule has 0 aliphatic rings. The Morgan fingerprint density at radius 3 is 2.64 bits per heavy atom. The zero-order chi connectivity index (χ0) is 19.5. The van der Waals surface area contributed by atoms with Gasteiger partial charge < -0.3 is 10.1 Å². The van der Waals surface area contributed by atoms with Crippen LogP contribution in [0.2, 0.25) is 0 Å². The fourth-order valence-electron chi connectivity index (χ4n) is 2.86. The van der Waals surface area contributed by atoms with Gasteiger partial charge in [0, 0.05) is 11.3 Å². The Balaban J connectivity index is 1.50. The third kappa shape index (κ3) is 3.87. The number of carbonyl (C=O) groups excluding carboxylic acids is 1. The maximum absolute atomic E-state index is 12.9. The zero-order valence-electron chi connectivity index (χ0n) is 15.1. The Hall–Kier alpha value is -3.25. The molecule has 28 heavy (non-hydrogen) atoms. The molecule has 0 saturated heterocycles. The molecule has 3 aromatic carbocycles. The topological polar surface area (TPSA) is 51.2 Å².